The first-order valence-electron chi connectivity index (χ1n) is 8.84. The average molecular weight is 346 g/mol. The van der Waals surface area contributed by atoms with Gasteiger partial charge < -0.3 is 14.2 Å². The number of carbonyl (C=O) groups excluding carboxylic acids is 2. The molecule has 0 amide bonds. The summed E-state index contributed by atoms with van der Waals surface area (Å²) >= 11 is 0. The third-order valence-electron chi connectivity index (χ3n) is 5.57. The van der Waals surface area contributed by atoms with Crippen LogP contribution in [-0.2, 0) is 23.8 Å². The molecule has 2 heterocycles. The van der Waals surface area contributed by atoms with Gasteiger partial charge in [0.2, 0.25) is 0 Å². The Morgan fingerprint density at radius 1 is 1.48 bits per heavy atom. The maximum absolute atomic E-state index is 12.3. The molecule has 2 saturated heterocycles. The van der Waals surface area contributed by atoms with Gasteiger partial charge in [0.05, 0.1) is 17.6 Å². The van der Waals surface area contributed by atoms with E-state index < -0.39 is 12.1 Å². The number of esters is 2. The molecule has 0 N–H and O–H groups in total. The van der Waals surface area contributed by atoms with Crippen LogP contribution in [0.4, 0.5) is 0 Å². The predicted octanol–water partition coefficient (Wildman–Crippen LogP) is 3.25. The van der Waals surface area contributed by atoms with Gasteiger partial charge >= 0.3 is 11.9 Å². The lowest BCUT2D eigenvalue weighted by molar-refractivity contribution is -0.145. The fraction of sp³-hybridized carbons (Fsp3) is 0.600. The van der Waals surface area contributed by atoms with Crippen molar-refractivity contribution in [1.29, 1.82) is 0 Å². The van der Waals surface area contributed by atoms with Gasteiger partial charge in [0.25, 0.3) is 0 Å². The lowest BCUT2D eigenvalue weighted by Crippen LogP contribution is -2.35. The van der Waals surface area contributed by atoms with Gasteiger partial charge in [0.15, 0.2) is 0 Å². The van der Waals surface area contributed by atoms with E-state index in [4.69, 9.17) is 14.2 Å². The molecule has 136 valence electrons. The minimum Gasteiger partial charge on any atom is -0.458 e. The summed E-state index contributed by atoms with van der Waals surface area (Å²) in [7, 11) is 0. The Balaban J connectivity index is 1.94. The number of carbonyl (C=O) groups is 2. The van der Waals surface area contributed by atoms with Crippen LogP contribution in [0.25, 0.3) is 0 Å². The van der Waals surface area contributed by atoms with Crippen LogP contribution in [-0.4, -0.2) is 35.9 Å². The van der Waals surface area contributed by atoms with E-state index in [0.29, 0.717) is 17.6 Å². The van der Waals surface area contributed by atoms with E-state index in [0.717, 1.165) is 18.4 Å². The number of fused-ring (bicyclic) bond motifs is 2. The molecule has 1 aliphatic carbocycles. The standard InChI is InChI=1S/C20H26O5/c1-6-12(3)18(21)23-14-9-11(2)7-8-16-20(5,25-16)10-15-17(14)13(4)19(22)24-15/h6,9,14-17H,4,7-8,10H2,1-3,5H3/b11-9-,12-6+. The van der Waals surface area contributed by atoms with Crippen molar-refractivity contribution in [2.75, 3.05) is 0 Å². The molecule has 2 fully saturated rings. The summed E-state index contributed by atoms with van der Waals surface area (Å²) in [5.74, 6) is -1.17. The summed E-state index contributed by atoms with van der Waals surface area (Å²) in [6.45, 7) is 11.5. The quantitative estimate of drug-likeness (QED) is 0.332. The molecule has 25 heavy (non-hydrogen) atoms. The second-order valence-electron chi connectivity index (χ2n) is 7.51. The van der Waals surface area contributed by atoms with Crippen molar-refractivity contribution >= 4 is 11.9 Å². The molecule has 0 saturated carbocycles. The van der Waals surface area contributed by atoms with Gasteiger partial charge in [-0.25, -0.2) is 9.59 Å². The number of hydrogen-bond donors (Lipinski definition) is 0. The number of hydrogen-bond acceptors (Lipinski definition) is 5. The Hall–Kier alpha value is -1.88. The summed E-state index contributed by atoms with van der Waals surface area (Å²) in [5.41, 5.74) is 1.74. The second-order valence-corrected chi connectivity index (χ2v) is 7.51. The van der Waals surface area contributed by atoms with Crippen LogP contribution < -0.4 is 0 Å². The first kappa shape index (κ1) is 17.9. The molecule has 0 radical (unpaired) electrons. The lowest BCUT2D eigenvalue weighted by Gasteiger charge is -2.27. The van der Waals surface area contributed by atoms with Gasteiger partial charge in [-0.05, 0) is 46.6 Å². The van der Waals surface area contributed by atoms with Gasteiger partial charge in [-0.15, -0.1) is 0 Å². The van der Waals surface area contributed by atoms with E-state index in [-0.39, 0.29) is 29.7 Å². The van der Waals surface area contributed by atoms with Crippen LogP contribution in [0, 0.1) is 5.92 Å². The summed E-state index contributed by atoms with van der Waals surface area (Å²) in [4.78, 5) is 24.4. The van der Waals surface area contributed by atoms with Crippen molar-refractivity contribution in [2.24, 2.45) is 5.92 Å². The Morgan fingerprint density at radius 3 is 2.88 bits per heavy atom. The van der Waals surface area contributed by atoms with Gasteiger partial charge in [0.1, 0.15) is 12.2 Å². The molecule has 0 aromatic heterocycles. The van der Waals surface area contributed by atoms with Gasteiger partial charge in [-0.1, -0.05) is 18.2 Å². The maximum atomic E-state index is 12.3. The number of ether oxygens (including phenoxy) is 3. The molecule has 0 bridgehead atoms. The normalized spacial score (nSPS) is 40.3. The summed E-state index contributed by atoms with van der Waals surface area (Å²) in [6, 6.07) is 0. The second kappa shape index (κ2) is 6.45. The van der Waals surface area contributed by atoms with Crippen molar-refractivity contribution in [3.05, 3.63) is 35.5 Å². The van der Waals surface area contributed by atoms with Gasteiger partial charge in [0, 0.05) is 17.6 Å². The zero-order valence-corrected chi connectivity index (χ0v) is 15.3. The van der Waals surface area contributed by atoms with Crippen molar-refractivity contribution in [2.45, 2.75) is 70.9 Å². The van der Waals surface area contributed by atoms with Crippen LogP contribution in [0.5, 0.6) is 0 Å². The molecule has 3 rings (SSSR count). The monoisotopic (exact) mass is 346 g/mol. The number of rotatable bonds is 2. The third kappa shape index (κ3) is 3.43. The highest BCUT2D eigenvalue weighted by molar-refractivity contribution is 5.91. The van der Waals surface area contributed by atoms with Gasteiger partial charge in [-0.2, -0.15) is 0 Å². The molecular weight excluding hydrogens is 320 g/mol. The summed E-state index contributed by atoms with van der Waals surface area (Å²) < 4.78 is 17.2. The first-order valence-corrected chi connectivity index (χ1v) is 8.84. The average Bonchev–Trinajstić information content (AvgIpc) is 3.11. The molecule has 3 aliphatic rings. The molecule has 5 unspecified atom stereocenters. The van der Waals surface area contributed by atoms with Crippen molar-refractivity contribution < 1.29 is 23.8 Å². The molecule has 2 aliphatic heterocycles. The van der Waals surface area contributed by atoms with Gasteiger partial charge in [-0.3, -0.25) is 0 Å². The Morgan fingerprint density at radius 2 is 2.20 bits per heavy atom. The predicted molar refractivity (Wildman–Crippen MR) is 92.7 cm³/mol. The fourth-order valence-electron chi connectivity index (χ4n) is 3.73. The van der Waals surface area contributed by atoms with E-state index >= 15 is 0 Å². The van der Waals surface area contributed by atoms with E-state index in [1.165, 1.54) is 0 Å². The maximum Gasteiger partial charge on any atom is 0.334 e. The van der Waals surface area contributed by atoms with Crippen LogP contribution in [0.1, 0.15) is 47.0 Å². The van der Waals surface area contributed by atoms with E-state index in [1.54, 1.807) is 19.9 Å². The fourth-order valence-corrected chi connectivity index (χ4v) is 3.73. The van der Waals surface area contributed by atoms with Crippen molar-refractivity contribution in [3.8, 4) is 0 Å². The summed E-state index contributed by atoms with van der Waals surface area (Å²) in [5, 5.41) is 0. The van der Waals surface area contributed by atoms with E-state index in [1.807, 2.05) is 13.0 Å². The summed E-state index contributed by atoms with van der Waals surface area (Å²) in [6.07, 6.45) is 5.27. The molecule has 5 nitrogen and oxygen atoms in total. The topological polar surface area (TPSA) is 65.1 Å². The zero-order valence-electron chi connectivity index (χ0n) is 15.3. The largest absolute Gasteiger partial charge is 0.458 e. The molecule has 5 heteroatoms. The van der Waals surface area contributed by atoms with Crippen LogP contribution in [0.2, 0.25) is 0 Å². The third-order valence-corrected chi connectivity index (χ3v) is 5.57. The minimum absolute atomic E-state index is 0.188. The number of epoxide rings is 1. The molecule has 0 spiro atoms. The minimum atomic E-state index is -0.565. The smallest absolute Gasteiger partial charge is 0.334 e. The van der Waals surface area contributed by atoms with Crippen molar-refractivity contribution in [3.63, 3.8) is 0 Å². The molecule has 0 aromatic rings. The van der Waals surface area contributed by atoms with E-state index in [2.05, 4.69) is 13.5 Å². The zero-order chi connectivity index (χ0) is 18.4. The van der Waals surface area contributed by atoms with Crippen LogP contribution >= 0.6 is 0 Å². The SMILES string of the molecule is C=C1C(=O)OC2CC3(C)OC3CC/C(C)=C\C(OC(=O)/C(C)=C/C)C12. The first-order chi connectivity index (χ1) is 11.7. The Kier molecular flexibility index (Phi) is 4.62. The van der Waals surface area contributed by atoms with Crippen LogP contribution in [0.3, 0.4) is 0 Å². The van der Waals surface area contributed by atoms with Crippen LogP contribution in [0.15, 0.2) is 35.5 Å². The molecule has 0 aromatic carbocycles. The molecule has 5 atom stereocenters. The molecular formula is C20H26O5. The highest BCUT2D eigenvalue weighted by Gasteiger charge is 2.57. The highest BCUT2D eigenvalue weighted by Crippen LogP contribution is 2.48. The van der Waals surface area contributed by atoms with Crippen molar-refractivity contribution in [1.82, 2.24) is 0 Å². The Bertz CT molecular complexity index is 674. The number of allylic oxidation sites excluding steroid dienone is 2. The Labute approximate surface area is 148 Å². The lowest BCUT2D eigenvalue weighted by atomic mass is 9.83. The highest BCUT2D eigenvalue weighted by atomic mass is 16.6. The van der Waals surface area contributed by atoms with E-state index in [9.17, 15) is 9.59 Å².